The number of phenols is 1. The van der Waals surface area contributed by atoms with Crippen LogP contribution in [-0.4, -0.2) is 19.4 Å². The van der Waals surface area contributed by atoms with Gasteiger partial charge >= 0.3 is 0 Å². The molecule has 0 aliphatic heterocycles. The van der Waals surface area contributed by atoms with Crippen LogP contribution in [0.25, 0.3) is 0 Å². The molecule has 150 valence electrons. The highest BCUT2D eigenvalue weighted by Crippen LogP contribution is 2.35. The quantitative estimate of drug-likeness (QED) is 0.339. The Morgan fingerprint density at radius 2 is 1.62 bits per heavy atom. The summed E-state index contributed by atoms with van der Waals surface area (Å²) in [6.07, 6.45) is 0. The third-order valence-electron chi connectivity index (χ3n) is 4.50. The molecule has 0 atom stereocenters. The number of aryl methyl sites for hydroxylation is 2. The lowest BCUT2D eigenvalue weighted by atomic mass is 10.1. The molecular formula is C22H21ClN2O3S. The number of nitrogens with zero attached hydrogens (tertiary/aromatic N) is 1. The normalized spacial score (nSPS) is 12.1. The molecule has 0 aliphatic rings. The van der Waals surface area contributed by atoms with Crippen molar-refractivity contribution in [3.63, 3.8) is 0 Å². The van der Waals surface area contributed by atoms with Crippen molar-refractivity contribution in [1.82, 2.24) is 0 Å². The van der Waals surface area contributed by atoms with Crippen molar-refractivity contribution in [3.05, 3.63) is 87.9 Å². The number of hydrogen-bond donors (Lipinski definition) is 2. The smallest absolute Gasteiger partial charge is 0.284 e. The van der Waals surface area contributed by atoms with Gasteiger partial charge in [0.15, 0.2) is 5.84 Å². The van der Waals surface area contributed by atoms with Gasteiger partial charge in [-0.3, -0.25) is 0 Å². The monoisotopic (exact) mass is 428 g/mol. The van der Waals surface area contributed by atoms with Gasteiger partial charge in [0.05, 0.1) is 9.92 Å². The average molecular weight is 429 g/mol. The van der Waals surface area contributed by atoms with E-state index in [4.69, 9.17) is 11.6 Å². The van der Waals surface area contributed by atoms with Gasteiger partial charge in [-0.2, -0.15) is 8.42 Å². The molecule has 7 heteroatoms. The number of anilines is 1. The summed E-state index contributed by atoms with van der Waals surface area (Å²) in [7, 11) is -3.95. The van der Waals surface area contributed by atoms with Gasteiger partial charge in [-0.15, -0.1) is 4.40 Å². The second-order valence-electron chi connectivity index (χ2n) is 6.75. The first kappa shape index (κ1) is 20.9. The molecule has 0 amide bonds. The zero-order valence-corrected chi connectivity index (χ0v) is 17.8. The maximum absolute atomic E-state index is 12.9. The molecule has 0 fully saturated rings. The number of phenolic OH excluding ortho intramolecular Hbond substituents is 1. The van der Waals surface area contributed by atoms with Crippen LogP contribution in [0.3, 0.4) is 0 Å². The van der Waals surface area contributed by atoms with Crippen LogP contribution in [-0.2, 0) is 10.0 Å². The summed E-state index contributed by atoms with van der Waals surface area (Å²) in [6.45, 7) is 5.42. The lowest BCUT2D eigenvalue weighted by Crippen LogP contribution is -2.18. The summed E-state index contributed by atoms with van der Waals surface area (Å²) < 4.78 is 29.9. The molecular weight excluding hydrogens is 408 g/mol. The highest BCUT2D eigenvalue weighted by Gasteiger charge is 2.18. The first-order valence-corrected chi connectivity index (χ1v) is 10.7. The minimum absolute atomic E-state index is 0.0299. The molecule has 0 saturated carbocycles. The number of aromatic hydroxyl groups is 1. The maximum Gasteiger partial charge on any atom is 0.284 e. The molecule has 5 nitrogen and oxygen atoms in total. The summed E-state index contributed by atoms with van der Waals surface area (Å²) in [5, 5.41) is 13.2. The fourth-order valence-electron chi connectivity index (χ4n) is 2.88. The molecule has 0 spiro atoms. The van der Waals surface area contributed by atoms with Gasteiger partial charge in [0, 0.05) is 11.3 Å². The van der Waals surface area contributed by atoms with Gasteiger partial charge in [0.1, 0.15) is 5.75 Å². The Labute approximate surface area is 175 Å². The van der Waals surface area contributed by atoms with E-state index in [9.17, 15) is 13.5 Å². The van der Waals surface area contributed by atoms with Crippen LogP contribution >= 0.6 is 11.6 Å². The minimum atomic E-state index is -3.95. The van der Waals surface area contributed by atoms with Gasteiger partial charge in [0.2, 0.25) is 0 Å². The summed E-state index contributed by atoms with van der Waals surface area (Å²) >= 11 is 6.18. The standard InChI is InChI=1S/C22H21ClN2O3S/c1-14-9-11-18(12-10-14)29(27,28)25-22(17-7-5-4-6-8-17)24-21-15(2)13-19(26)20(23)16(21)3/h4-13,26H,1-3H3,(H,24,25). The van der Waals surface area contributed by atoms with Crippen molar-refractivity contribution in [2.45, 2.75) is 25.7 Å². The van der Waals surface area contributed by atoms with Crippen LogP contribution in [0, 0.1) is 20.8 Å². The zero-order valence-electron chi connectivity index (χ0n) is 16.3. The Hall–Kier alpha value is -2.83. The van der Waals surface area contributed by atoms with Gasteiger partial charge in [0.25, 0.3) is 10.0 Å². The summed E-state index contributed by atoms with van der Waals surface area (Å²) in [6, 6.07) is 17.0. The molecule has 0 unspecified atom stereocenters. The molecule has 3 aromatic carbocycles. The van der Waals surface area contributed by atoms with Crippen LogP contribution in [0.2, 0.25) is 5.02 Å². The van der Waals surface area contributed by atoms with Crippen molar-refractivity contribution < 1.29 is 13.5 Å². The first-order chi connectivity index (χ1) is 13.7. The van der Waals surface area contributed by atoms with E-state index >= 15 is 0 Å². The Balaban J connectivity index is 2.14. The van der Waals surface area contributed by atoms with Crippen LogP contribution in [0.4, 0.5) is 5.69 Å². The fraction of sp³-hybridized carbons (Fsp3) is 0.136. The lowest BCUT2D eigenvalue weighted by Gasteiger charge is -2.17. The van der Waals surface area contributed by atoms with Gasteiger partial charge in [-0.25, -0.2) is 0 Å². The van der Waals surface area contributed by atoms with Crippen molar-refractivity contribution >= 4 is 33.1 Å². The zero-order chi connectivity index (χ0) is 21.2. The van der Waals surface area contributed by atoms with Gasteiger partial charge < -0.3 is 10.4 Å². The average Bonchev–Trinajstić information content (AvgIpc) is 2.69. The van der Waals surface area contributed by atoms with Crippen molar-refractivity contribution in [3.8, 4) is 5.75 Å². The Morgan fingerprint density at radius 3 is 2.24 bits per heavy atom. The predicted octanol–water partition coefficient (Wildman–Crippen LogP) is 5.22. The van der Waals surface area contributed by atoms with Crippen molar-refractivity contribution in [1.29, 1.82) is 0 Å². The van der Waals surface area contributed by atoms with Crippen LogP contribution < -0.4 is 5.32 Å². The Morgan fingerprint density at radius 1 is 1.00 bits per heavy atom. The third-order valence-corrected chi connectivity index (χ3v) is 6.27. The van der Waals surface area contributed by atoms with E-state index < -0.39 is 10.0 Å². The van der Waals surface area contributed by atoms with Crippen molar-refractivity contribution in [2.24, 2.45) is 4.40 Å². The Bertz CT molecular complexity index is 1170. The summed E-state index contributed by atoms with van der Waals surface area (Å²) in [5.74, 6) is 0.136. The highest BCUT2D eigenvalue weighted by molar-refractivity contribution is 7.90. The third kappa shape index (κ3) is 4.60. The van der Waals surface area contributed by atoms with Crippen LogP contribution in [0.1, 0.15) is 22.3 Å². The second kappa shape index (κ2) is 8.27. The largest absolute Gasteiger partial charge is 0.506 e. The summed E-state index contributed by atoms with van der Waals surface area (Å²) in [4.78, 5) is 0.107. The van der Waals surface area contributed by atoms with E-state index in [-0.39, 0.29) is 21.5 Å². The Kier molecular flexibility index (Phi) is 5.96. The second-order valence-corrected chi connectivity index (χ2v) is 8.73. The molecule has 0 aliphatic carbocycles. The van der Waals surface area contributed by atoms with E-state index in [2.05, 4.69) is 9.71 Å². The first-order valence-electron chi connectivity index (χ1n) is 8.92. The minimum Gasteiger partial charge on any atom is -0.506 e. The number of rotatable bonds is 4. The van der Waals surface area contributed by atoms with Gasteiger partial charge in [-0.1, -0.05) is 59.6 Å². The topological polar surface area (TPSA) is 78.8 Å². The fourth-order valence-corrected chi connectivity index (χ4v) is 4.00. The predicted molar refractivity (Wildman–Crippen MR) is 118 cm³/mol. The molecule has 3 aromatic rings. The van der Waals surface area contributed by atoms with Crippen molar-refractivity contribution in [2.75, 3.05) is 5.32 Å². The van der Waals surface area contributed by atoms with E-state index in [0.717, 1.165) is 5.56 Å². The number of sulfonamides is 1. The molecule has 0 aromatic heterocycles. The highest BCUT2D eigenvalue weighted by atomic mass is 35.5. The molecule has 29 heavy (non-hydrogen) atoms. The van der Waals surface area contributed by atoms with Gasteiger partial charge in [-0.05, 0) is 50.1 Å². The number of benzene rings is 3. The maximum atomic E-state index is 12.9. The van der Waals surface area contributed by atoms with E-state index in [1.54, 1.807) is 50.2 Å². The molecule has 0 bridgehead atoms. The summed E-state index contributed by atoms with van der Waals surface area (Å²) in [5.41, 5.74) is 3.46. The number of hydrogen-bond acceptors (Lipinski definition) is 3. The van der Waals surface area contributed by atoms with E-state index in [1.807, 2.05) is 13.0 Å². The molecule has 0 heterocycles. The molecule has 2 N–H and O–H groups in total. The number of nitrogens with one attached hydrogen (secondary N) is 1. The molecule has 0 saturated heterocycles. The number of amidine groups is 1. The van der Waals surface area contributed by atoms with Crippen LogP contribution in [0.15, 0.2) is 70.0 Å². The van der Waals surface area contributed by atoms with E-state index in [1.165, 1.54) is 18.2 Å². The van der Waals surface area contributed by atoms with Crippen LogP contribution in [0.5, 0.6) is 5.75 Å². The SMILES string of the molecule is Cc1ccc(S(=O)(=O)N=C(Nc2c(C)cc(O)c(Cl)c2C)c2ccccc2)cc1. The molecule has 0 radical (unpaired) electrons. The van der Waals surface area contributed by atoms with E-state index in [0.29, 0.717) is 22.4 Å². The molecule has 3 rings (SSSR count). The lowest BCUT2D eigenvalue weighted by molar-refractivity contribution is 0.475. The number of halogens is 1.